The largest absolute Gasteiger partial charge is 0.368 e. The van der Waals surface area contributed by atoms with Gasteiger partial charge in [0.1, 0.15) is 11.6 Å². The number of anilines is 2. The monoisotopic (exact) mass is 383 g/mol. The van der Waals surface area contributed by atoms with Crippen LogP contribution in [0.1, 0.15) is 0 Å². The molecule has 0 atom stereocenters. The van der Waals surface area contributed by atoms with Gasteiger partial charge in [0, 0.05) is 64.2 Å². The molecule has 1 amide bonds. The van der Waals surface area contributed by atoms with Gasteiger partial charge in [-0.15, -0.1) is 0 Å². The van der Waals surface area contributed by atoms with Gasteiger partial charge in [-0.2, -0.15) is 0 Å². The van der Waals surface area contributed by atoms with Gasteiger partial charge in [-0.3, -0.25) is 9.69 Å². The van der Waals surface area contributed by atoms with Gasteiger partial charge in [-0.25, -0.2) is 9.37 Å². The Labute approximate surface area is 165 Å². The van der Waals surface area contributed by atoms with E-state index < -0.39 is 0 Å². The highest BCUT2D eigenvalue weighted by atomic mass is 19.1. The molecule has 0 radical (unpaired) electrons. The molecule has 4 rings (SSSR count). The third kappa shape index (κ3) is 4.42. The second-order valence-electron chi connectivity index (χ2n) is 7.30. The van der Waals surface area contributed by atoms with Crippen LogP contribution in [0, 0.1) is 5.82 Å². The van der Waals surface area contributed by atoms with Gasteiger partial charge in [0.25, 0.3) is 0 Å². The highest BCUT2D eigenvalue weighted by Gasteiger charge is 2.25. The minimum atomic E-state index is -0.222. The van der Waals surface area contributed by atoms with Crippen molar-refractivity contribution < 1.29 is 9.18 Å². The summed E-state index contributed by atoms with van der Waals surface area (Å²) in [6.07, 6.45) is 1.82. The van der Waals surface area contributed by atoms with E-state index in [1.807, 2.05) is 29.3 Å². The summed E-state index contributed by atoms with van der Waals surface area (Å²) in [5.41, 5.74) is 1.01. The molecule has 148 valence electrons. The number of aromatic nitrogens is 1. The fourth-order valence-corrected chi connectivity index (χ4v) is 3.83. The zero-order valence-electron chi connectivity index (χ0n) is 16.0. The number of hydrogen-bond donors (Lipinski definition) is 0. The summed E-state index contributed by atoms with van der Waals surface area (Å²) in [6.45, 7) is 7.00. The molecular weight excluding hydrogens is 357 g/mol. The van der Waals surface area contributed by atoms with Crippen molar-refractivity contribution in [3.63, 3.8) is 0 Å². The van der Waals surface area contributed by atoms with E-state index in [1.165, 1.54) is 12.1 Å². The van der Waals surface area contributed by atoms with Crippen molar-refractivity contribution in [1.29, 1.82) is 0 Å². The second-order valence-corrected chi connectivity index (χ2v) is 7.30. The molecule has 7 heteroatoms. The van der Waals surface area contributed by atoms with Crippen molar-refractivity contribution in [2.75, 3.05) is 68.7 Å². The standard InChI is InChI=1S/C21H26FN5O/c22-18-4-6-19(7-5-18)25-13-15-27(16-14-25)21(28)17-24-9-11-26(12-10-24)20-3-1-2-8-23-20/h1-8H,9-17H2. The molecule has 3 heterocycles. The number of piperazine rings is 2. The number of halogens is 1. The minimum Gasteiger partial charge on any atom is -0.368 e. The zero-order chi connectivity index (χ0) is 19.3. The van der Waals surface area contributed by atoms with Crippen molar-refractivity contribution in [1.82, 2.24) is 14.8 Å². The number of hydrogen-bond acceptors (Lipinski definition) is 5. The minimum absolute atomic E-state index is 0.199. The van der Waals surface area contributed by atoms with E-state index in [2.05, 4.69) is 19.7 Å². The Morgan fingerprint density at radius 3 is 2.18 bits per heavy atom. The van der Waals surface area contributed by atoms with E-state index in [4.69, 9.17) is 0 Å². The third-order valence-electron chi connectivity index (χ3n) is 5.53. The van der Waals surface area contributed by atoms with Crippen molar-refractivity contribution in [2.45, 2.75) is 0 Å². The summed E-state index contributed by atoms with van der Waals surface area (Å²) in [6, 6.07) is 12.5. The Bertz CT molecular complexity index is 769. The molecule has 0 spiro atoms. The van der Waals surface area contributed by atoms with E-state index >= 15 is 0 Å². The predicted molar refractivity (Wildman–Crippen MR) is 108 cm³/mol. The van der Waals surface area contributed by atoms with Crippen LogP contribution in [0.2, 0.25) is 0 Å². The Morgan fingerprint density at radius 2 is 1.54 bits per heavy atom. The summed E-state index contributed by atoms with van der Waals surface area (Å²) >= 11 is 0. The predicted octanol–water partition coefficient (Wildman–Crippen LogP) is 1.69. The van der Waals surface area contributed by atoms with Crippen molar-refractivity contribution >= 4 is 17.4 Å². The average molecular weight is 383 g/mol. The van der Waals surface area contributed by atoms with Gasteiger partial charge in [-0.1, -0.05) is 6.07 Å². The Balaban J connectivity index is 1.22. The normalized spacial score (nSPS) is 18.4. The quantitative estimate of drug-likeness (QED) is 0.804. The first kappa shape index (κ1) is 18.7. The molecule has 2 fully saturated rings. The van der Waals surface area contributed by atoms with E-state index in [0.717, 1.165) is 50.8 Å². The van der Waals surface area contributed by atoms with Gasteiger partial charge >= 0.3 is 0 Å². The van der Waals surface area contributed by atoms with Crippen LogP contribution >= 0.6 is 0 Å². The fraction of sp³-hybridized carbons (Fsp3) is 0.429. The molecule has 28 heavy (non-hydrogen) atoms. The third-order valence-corrected chi connectivity index (χ3v) is 5.53. The molecule has 2 aromatic rings. The summed E-state index contributed by atoms with van der Waals surface area (Å²) in [4.78, 5) is 25.8. The van der Waals surface area contributed by atoms with E-state index in [-0.39, 0.29) is 11.7 Å². The molecule has 0 aliphatic carbocycles. The molecule has 0 N–H and O–H groups in total. The lowest BCUT2D eigenvalue weighted by Crippen LogP contribution is -2.54. The summed E-state index contributed by atoms with van der Waals surface area (Å²) in [5.74, 6) is 0.983. The van der Waals surface area contributed by atoms with E-state index in [0.29, 0.717) is 19.6 Å². The SMILES string of the molecule is O=C(CN1CCN(c2ccccn2)CC1)N1CCN(c2ccc(F)cc2)CC1. The van der Waals surface area contributed by atoms with Gasteiger partial charge in [0.05, 0.1) is 6.54 Å². The van der Waals surface area contributed by atoms with Gasteiger partial charge < -0.3 is 14.7 Å². The van der Waals surface area contributed by atoms with Crippen LogP contribution in [-0.2, 0) is 4.79 Å². The van der Waals surface area contributed by atoms with Crippen LogP contribution in [0.3, 0.4) is 0 Å². The lowest BCUT2D eigenvalue weighted by atomic mass is 10.2. The molecule has 0 saturated carbocycles. The highest BCUT2D eigenvalue weighted by molar-refractivity contribution is 5.78. The topological polar surface area (TPSA) is 42.9 Å². The number of benzene rings is 1. The van der Waals surface area contributed by atoms with Crippen molar-refractivity contribution in [2.24, 2.45) is 0 Å². The molecule has 1 aromatic heterocycles. The second kappa shape index (κ2) is 8.56. The Kier molecular flexibility index (Phi) is 5.71. The maximum Gasteiger partial charge on any atom is 0.236 e. The van der Waals surface area contributed by atoms with Crippen LogP contribution in [0.4, 0.5) is 15.9 Å². The smallest absolute Gasteiger partial charge is 0.236 e. The highest BCUT2D eigenvalue weighted by Crippen LogP contribution is 2.17. The van der Waals surface area contributed by atoms with Gasteiger partial charge in [0.2, 0.25) is 5.91 Å². The van der Waals surface area contributed by atoms with Crippen molar-refractivity contribution in [3.8, 4) is 0 Å². The maximum absolute atomic E-state index is 13.1. The number of pyridine rings is 1. The number of rotatable bonds is 4. The average Bonchev–Trinajstić information content (AvgIpc) is 2.75. The first-order chi connectivity index (χ1) is 13.7. The van der Waals surface area contributed by atoms with Gasteiger partial charge in [-0.05, 0) is 36.4 Å². The van der Waals surface area contributed by atoms with Crippen LogP contribution in [0.25, 0.3) is 0 Å². The zero-order valence-corrected chi connectivity index (χ0v) is 16.0. The first-order valence-corrected chi connectivity index (χ1v) is 9.86. The number of carbonyl (C=O) groups is 1. The number of amides is 1. The van der Waals surface area contributed by atoms with E-state index in [1.54, 1.807) is 12.1 Å². The summed E-state index contributed by atoms with van der Waals surface area (Å²) in [7, 11) is 0. The van der Waals surface area contributed by atoms with Crippen LogP contribution in [0.5, 0.6) is 0 Å². The van der Waals surface area contributed by atoms with Crippen LogP contribution in [-0.4, -0.2) is 79.6 Å². The Hall–Kier alpha value is -2.67. The molecule has 1 aromatic carbocycles. The summed E-state index contributed by atoms with van der Waals surface area (Å²) in [5, 5.41) is 0. The molecule has 0 unspecified atom stereocenters. The molecule has 6 nitrogen and oxygen atoms in total. The van der Waals surface area contributed by atoms with Crippen molar-refractivity contribution in [3.05, 3.63) is 54.5 Å². The van der Waals surface area contributed by atoms with Gasteiger partial charge in [0.15, 0.2) is 0 Å². The molecule has 2 saturated heterocycles. The molecule has 0 bridgehead atoms. The van der Waals surface area contributed by atoms with Crippen LogP contribution < -0.4 is 9.80 Å². The molecule has 2 aliphatic heterocycles. The summed E-state index contributed by atoms with van der Waals surface area (Å²) < 4.78 is 13.1. The fourth-order valence-electron chi connectivity index (χ4n) is 3.83. The first-order valence-electron chi connectivity index (χ1n) is 9.86. The molecule has 2 aliphatic rings. The van der Waals surface area contributed by atoms with E-state index in [9.17, 15) is 9.18 Å². The number of nitrogens with zero attached hydrogens (tertiary/aromatic N) is 5. The lowest BCUT2D eigenvalue weighted by molar-refractivity contribution is -0.132. The molecular formula is C21H26FN5O. The lowest BCUT2D eigenvalue weighted by Gasteiger charge is -2.39. The van der Waals surface area contributed by atoms with Crippen LogP contribution in [0.15, 0.2) is 48.7 Å². The number of carbonyl (C=O) groups excluding carboxylic acids is 1. The Morgan fingerprint density at radius 1 is 0.857 bits per heavy atom. The maximum atomic E-state index is 13.1.